The second kappa shape index (κ2) is 6.01. The maximum atomic E-state index is 13.3. The maximum Gasteiger partial charge on any atom is 0.248 e. The van der Waals surface area contributed by atoms with E-state index in [1.165, 1.54) is 0 Å². The number of halogens is 2. The molecule has 1 fully saturated rings. The molecular weight excluding hydrogens is 292 g/mol. The Labute approximate surface area is 127 Å². The van der Waals surface area contributed by atoms with Crippen molar-refractivity contribution in [3.8, 4) is 0 Å². The molecule has 6 heteroatoms. The van der Waals surface area contributed by atoms with Crippen LogP contribution in [0.25, 0.3) is 4.96 Å². The predicted molar refractivity (Wildman–Crippen MR) is 81.1 cm³/mol. The molecule has 0 aromatic carbocycles. The molecule has 0 spiro atoms. The van der Waals surface area contributed by atoms with Crippen molar-refractivity contribution in [2.24, 2.45) is 5.92 Å². The van der Waals surface area contributed by atoms with Gasteiger partial charge in [-0.25, -0.2) is 13.8 Å². The summed E-state index contributed by atoms with van der Waals surface area (Å²) in [5.41, 5.74) is 1.05. The SMILES string of the molecule is CCNC(Cc1cn2ccsc2n1)C1CCC(F)(F)CC1. The van der Waals surface area contributed by atoms with Gasteiger partial charge >= 0.3 is 0 Å². The predicted octanol–water partition coefficient (Wildman–Crippen LogP) is 3.74. The van der Waals surface area contributed by atoms with Crippen LogP contribution in [0, 0.1) is 5.92 Å². The number of nitrogens with zero attached hydrogens (tertiary/aromatic N) is 2. The Morgan fingerprint density at radius 3 is 2.90 bits per heavy atom. The van der Waals surface area contributed by atoms with Crippen LogP contribution in [0.2, 0.25) is 0 Å². The van der Waals surface area contributed by atoms with Gasteiger partial charge in [-0.05, 0) is 25.3 Å². The number of fused-ring (bicyclic) bond motifs is 1. The Hall–Kier alpha value is -1.01. The summed E-state index contributed by atoms with van der Waals surface area (Å²) in [6, 6.07) is 0.246. The fraction of sp³-hybridized carbons (Fsp3) is 0.667. The summed E-state index contributed by atoms with van der Waals surface area (Å²) in [5, 5.41) is 5.48. The summed E-state index contributed by atoms with van der Waals surface area (Å²) in [7, 11) is 0. The molecule has 116 valence electrons. The van der Waals surface area contributed by atoms with Crippen LogP contribution in [0.5, 0.6) is 0 Å². The summed E-state index contributed by atoms with van der Waals surface area (Å²) in [6.07, 6.45) is 6.13. The number of likely N-dealkylation sites (N-methyl/N-ethyl adjacent to an activating group) is 1. The third-order valence-corrected chi connectivity index (χ3v) is 5.14. The van der Waals surface area contributed by atoms with Crippen molar-refractivity contribution in [3.05, 3.63) is 23.5 Å². The summed E-state index contributed by atoms with van der Waals surface area (Å²) in [5.74, 6) is -2.13. The summed E-state index contributed by atoms with van der Waals surface area (Å²) in [4.78, 5) is 5.61. The van der Waals surface area contributed by atoms with Crippen LogP contribution in [0.15, 0.2) is 17.8 Å². The highest BCUT2D eigenvalue weighted by molar-refractivity contribution is 7.15. The maximum absolute atomic E-state index is 13.3. The van der Waals surface area contributed by atoms with Crippen LogP contribution in [-0.4, -0.2) is 27.9 Å². The number of hydrogen-bond acceptors (Lipinski definition) is 3. The molecule has 1 aliphatic carbocycles. The first-order valence-electron chi connectivity index (χ1n) is 7.60. The highest BCUT2D eigenvalue weighted by atomic mass is 32.1. The molecule has 0 amide bonds. The Balaban J connectivity index is 1.68. The Kier molecular flexibility index (Phi) is 4.26. The first-order valence-corrected chi connectivity index (χ1v) is 8.47. The van der Waals surface area contributed by atoms with Crippen LogP contribution in [0.4, 0.5) is 8.78 Å². The van der Waals surface area contributed by atoms with Gasteiger partial charge in [0, 0.05) is 43.1 Å². The van der Waals surface area contributed by atoms with Gasteiger partial charge in [-0.2, -0.15) is 0 Å². The molecule has 3 rings (SSSR count). The van der Waals surface area contributed by atoms with Gasteiger partial charge in [0.15, 0.2) is 4.96 Å². The minimum Gasteiger partial charge on any atom is -0.314 e. The number of imidazole rings is 1. The lowest BCUT2D eigenvalue weighted by Gasteiger charge is -2.34. The summed E-state index contributed by atoms with van der Waals surface area (Å²) < 4.78 is 28.7. The molecule has 1 aliphatic rings. The van der Waals surface area contributed by atoms with Crippen molar-refractivity contribution < 1.29 is 8.78 Å². The van der Waals surface area contributed by atoms with Crippen molar-refractivity contribution in [2.45, 2.75) is 51.0 Å². The summed E-state index contributed by atoms with van der Waals surface area (Å²) in [6.45, 7) is 2.93. The molecule has 1 atom stereocenters. The molecule has 21 heavy (non-hydrogen) atoms. The van der Waals surface area contributed by atoms with Crippen molar-refractivity contribution in [1.82, 2.24) is 14.7 Å². The number of nitrogens with one attached hydrogen (secondary N) is 1. The molecule has 1 saturated carbocycles. The second-order valence-electron chi connectivity index (χ2n) is 5.89. The zero-order valence-electron chi connectivity index (χ0n) is 12.2. The van der Waals surface area contributed by atoms with Gasteiger partial charge in [0.2, 0.25) is 5.92 Å². The van der Waals surface area contributed by atoms with E-state index in [4.69, 9.17) is 0 Å². The van der Waals surface area contributed by atoms with Crippen molar-refractivity contribution in [3.63, 3.8) is 0 Å². The number of rotatable bonds is 5. The molecule has 1 unspecified atom stereocenters. The number of alkyl halides is 2. The smallest absolute Gasteiger partial charge is 0.248 e. The van der Waals surface area contributed by atoms with Gasteiger partial charge in [-0.3, -0.25) is 4.40 Å². The molecule has 0 bridgehead atoms. The highest BCUT2D eigenvalue weighted by Gasteiger charge is 2.37. The van der Waals surface area contributed by atoms with E-state index in [1.807, 2.05) is 22.2 Å². The van der Waals surface area contributed by atoms with Gasteiger partial charge in [-0.15, -0.1) is 11.3 Å². The van der Waals surface area contributed by atoms with E-state index in [9.17, 15) is 8.78 Å². The van der Waals surface area contributed by atoms with Crippen molar-refractivity contribution >= 4 is 16.3 Å². The van der Waals surface area contributed by atoms with E-state index in [-0.39, 0.29) is 18.9 Å². The highest BCUT2D eigenvalue weighted by Crippen LogP contribution is 2.38. The first-order chi connectivity index (χ1) is 10.1. The largest absolute Gasteiger partial charge is 0.314 e. The van der Waals surface area contributed by atoms with Crippen LogP contribution in [0.1, 0.15) is 38.3 Å². The van der Waals surface area contributed by atoms with E-state index < -0.39 is 5.92 Å². The third kappa shape index (κ3) is 3.43. The van der Waals surface area contributed by atoms with E-state index in [0.717, 1.165) is 23.6 Å². The molecule has 0 aliphatic heterocycles. The topological polar surface area (TPSA) is 29.3 Å². The molecule has 2 aromatic rings. The minimum atomic E-state index is -2.45. The van der Waals surface area contributed by atoms with Crippen LogP contribution < -0.4 is 5.32 Å². The molecule has 0 saturated heterocycles. The average molecular weight is 313 g/mol. The molecule has 3 nitrogen and oxygen atoms in total. The molecule has 1 N–H and O–H groups in total. The average Bonchev–Trinajstić information content (AvgIpc) is 2.99. The Bertz CT molecular complexity index is 554. The number of hydrogen-bond donors (Lipinski definition) is 1. The zero-order chi connectivity index (χ0) is 14.9. The van der Waals surface area contributed by atoms with Crippen LogP contribution >= 0.6 is 11.3 Å². The van der Waals surface area contributed by atoms with E-state index in [0.29, 0.717) is 18.8 Å². The summed E-state index contributed by atoms with van der Waals surface area (Å²) >= 11 is 1.62. The van der Waals surface area contributed by atoms with Crippen LogP contribution in [-0.2, 0) is 6.42 Å². The van der Waals surface area contributed by atoms with Gasteiger partial charge in [0.05, 0.1) is 5.69 Å². The lowest BCUT2D eigenvalue weighted by molar-refractivity contribution is -0.0494. The fourth-order valence-electron chi connectivity index (χ4n) is 3.23. The molecular formula is C15H21F2N3S. The quantitative estimate of drug-likeness (QED) is 0.911. The standard InChI is InChI=1S/C15H21F2N3S/c1-2-18-13(11-3-5-15(16,17)6-4-11)9-12-10-20-7-8-21-14(20)19-12/h7-8,10-11,13,18H,2-6,9H2,1H3. The lowest BCUT2D eigenvalue weighted by atomic mass is 9.80. The monoisotopic (exact) mass is 313 g/mol. The third-order valence-electron chi connectivity index (χ3n) is 4.37. The van der Waals surface area contributed by atoms with E-state index in [1.54, 1.807) is 11.3 Å². The second-order valence-corrected chi connectivity index (χ2v) is 6.76. The molecule has 0 radical (unpaired) electrons. The number of thiazole rings is 1. The van der Waals surface area contributed by atoms with Crippen molar-refractivity contribution in [2.75, 3.05) is 6.54 Å². The molecule has 2 aromatic heterocycles. The van der Waals surface area contributed by atoms with Crippen LogP contribution in [0.3, 0.4) is 0 Å². The molecule has 2 heterocycles. The lowest BCUT2D eigenvalue weighted by Crippen LogP contribution is -2.41. The van der Waals surface area contributed by atoms with E-state index in [2.05, 4.69) is 17.2 Å². The van der Waals surface area contributed by atoms with Gasteiger partial charge < -0.3 is 5.32 Å². The van der Waals surface area contributed by atoms with Gasteiger partial charge in [-0.1, -0.05) is 6.92 Å². The van der Waals surface area contributed by atoms with E-state index >= 15 is 0 Å². The first kappa shape index (κ1) is 14.9. The van der Waals surface area contributed by atoms with Gasteiger partial charge in [0.25, 0.3) is 0 Å². The Morgan fingerprint density at radius 2 is 2.24 bits per heavy atom. The zero-order valence-corrected chi connectivity index (χ0v) is 13.0. The van der Waals surface area contributed by atoms with Crippen molar-refractivity contribution in [1.29, 1.82) is 0 Å². The fourth-order valence-corrected chi connectivity index (χ4v) is 3.95. The Morgan fingerprint density at radius 1 is 1.48 bits per heavy atom. The van der Waals surface area contributed by atoms with Gasteiger partial charge in [0.1, 0.15) is 0 Å². The minimum absolute atomic E-state index is 0.0256. The number of aromatic nitrogens is 2. The normalized spacial score (nSPS) is 20.9.